The van der Waals surface area contributed by atoms with Gasteiger partial charge in [-0.15, -0.1) is 21.5 Å². The summed E-state index contributed by atoms with van der Waals surface area (Å²) >= 11 is 3.33. The van der Waals surface area contributed by atoms with Crippen LogP contribution in [0.25, 0.3) is 11.0 Å². The Morgan fingerprint density at radius 1 is 1.21 bits per heavy atom. The fourth-order valence-electron chi connectivity index (χ4n) is 3.75. The average molecular weight is 410 g/mol. The number of nitrogens with zero attached hydrogens (tertiary/aromatic N) is 3. The van der Waals surface area contributed by atoms with Gasteiger partial charge in [-0.25, -0.2) is 4.79 Å². The van der Waals surface area contributed by atoms with E-state index in [4.69, 9.17) is 4.42 Å². The molecule has 0 spiro atoms. The molecule has 4 aromatic rings. The molecular formula is C21H19N3O2S2. The fourth-order valence-corrected chi connectivity index (χ4v) is 5.37. The number of benzene rings is 1. The zero-order valence-electron chi connectivity index (χ0n) is 15.5. The molecule has 3 aromatic heterocycles. The molecule has 0 amide bonds. The van der Waals surface area contributed by atoms with Crippen LogP contribution in [-0.2, 0) is 32.1 Å². The molecule has 0 saturated carbocycles. The van der Waals surface area contributed by atoms with Crippen molar-refractivity contribution in [3.05, 3.63) is 73.5 Å². The predicted octanol–water partition coefficient (Wildman–Crippen LogP) is 4.35. The minimum Gasteiger partial charge on any atom is -0.423 e. The molecule has 0 saturated heterocycles. The fraction of sp³-hybridized carbons (Fsp3) is 0.286. The molecule has 5 nitrogen and oxygen atoms in total. The Kier molecular flexibility index (Phi) is 4.56. The van der Waals surface area contributed by atoms with Crippen molar-refractivity contribution in [3.8, 4) is 0 Å². The summed E-state index contributed by atoms with van der Waals surface area (Å²) in [6.45, 7) is 0. The van der Waals surface area contributed by atoms with Crippen molar-refractivity contribution < 1.29 is 4.42 Å². The topological polar surface area (TPSA) is 60.9 Å². The van der Waals surface area contributed by atoms with Crippen molar-refractivity contribution in [1.82, 2.24) is 14.8 Å². The molecule has 0 aliphatic heterocycles. The molecule has 0 fully saturated rings. The smallest absolute Gasteiger partial charge is 0.336 e. The lowest BCUT2D eigenvalue weighted by molar-refractivity contribution is 0.559. The largest absolute Gasteiger partial charge is 0.423 e. The summed E-state index contributed by atoms with van der Waals surface area (Å²) in [5.41, 5.74) is 4.09. The number of rotatable bonds is 5. The number of aryl methyl sites for hydroxylation is 2. The Balaban J connectivity index is 1.42. The lowest BCUT2D eigenvalue weighted by Crippen LogP contribution is -2.02. The molecule has 3 heterocycles. The van der Waals surface area contributed by atoms with E-state index in [0.29, 0.717) is 11.3 Å². The Hall–Kier alpha value is -2.38. The first-order valence-electron chi connectivity index (χ1n) is 9.29. The van der Waals surface area contributed by atoms with Crippen LogP contribution >= 0.6 is 23.1 Å². The molecule has 0 bridgehead atoms. The maximum Gasteiger partial charge on any atom is 0.336 e. The molecule has 142 valence electrons. The van der Waals surface area contributed by atoms with Gasteiger partial charge in [0, 0.05) is 35.6 Å². The van der Waals surface area contributed by atoms with Crippen molar-refractivity contribution in [3.63, 3.8) is 0 Å². The van der Waals surface area contributed by atoms with E-state index in [1.165, 1.54) is 22.4 Å². The van der Waals surface area contributed by atoms with Gasteiger partial charge in [-0.1, -0.05) is 17.8 Å². The van der Waals surface area contributed by atoms with E-state index in [-0.39, 0.29) is 5.63 Å². The van der Waals surface area contributed by atoms with Crippen molar-refractivity contribution >= 4 is 34.1 Å². The van der Waals surface area contributed by atoms with Gasteiger partial charge in [0.25, 0.3) is 0 Å². The Labute approximate surface area is 170 Å². The van der Waals surface area contributed by atoms with Crippen LogP contribution in [0.15, 0.2) is 50.1 Å². The van der Waals surface area contributed by atoms with Crippen molar-refractivity contribution in [2.75, 3.05) is 0 Å². The molecule has 0 radical (unpaired) electrons. The summed E-state index contributed by atoms with van der Waals surface area (Å²) in [4.78, 5) is 13.3. The number of hydrogen-bond donors (Lipinski definition) is 0. The number of fused-ring (bicyclic) bond motifs is 2. The molecule has 0 atom stereocenters. The Bertz CT molecular complexity index is 1210. The van der Waals surface area contributed by atoms with E-state index in [0.717, 1.165) is 41.2 Å². The van der Waals surface area contributed by atoms with Gasteiger partial charge in [0.05, 0.1) is 0 Å². The van der Waals surface area contributed by atoms with Crippen LogP contribution in [0.4, 0.5) is 0 Å². The van der Waals surface area contributed by atoms with Crippen LogP contribution in [0, 0.1) is 0 Å². The van der Waals surface area contributed by atoms with Crippen LogP contribution in [0.5, 0.6) is 0 Å². The molecule has 28 heavy (non-hydrogen) atoms. The average Bonchev–Trinajstić information content (AvgIpc) is 3.41. The molecule has 0 unspecified atom stereocenters. The second kappa shape index (κ2) is 7.22. The summed E-state index contributed by atoms with van der Waals surface area (Å²) < 4.78 is 7.51. The molecular weight excluding hydrogens is 390 g/mol. The highest BCUT2D eigenvalue weighted by Gasteiger charge is 2.16. The second-order valence-electron chi connectivity index (χ2n) is 7.06. The third-order valence-electron chi connectivity index (χ3n) is 5.24. The molecule has 5 rings (SSSR count). The van der Waals surface area contributed by atoms with Gasteiger partial charge in [0.1, 0.15) is 11.4 Å². The first-order valence-corrected chi connectivity index (χ1v) is 11.2. The Morgan fingerprint density at radius 2 is 2.07 bits per heavy atom. The highest BCUT2D eigenvalue weighted by atomic mass is 32.2. The summed E-state index contributed by atoms with van der Waals surface area (Å²) in [5.74, 6) is 1.60. The lowest BCUT2D eigenvalue weighted by atomic mass is 10.0. The van der Waals surface area contributed by atoms with Gasteiger partial charge in [-0.2, -0.15) is 0 Å². The third kappa shape index (κ3) is 3.29. The monoisotopic (exact) mass is 409 g/mol. The zero-order valence-corrected chi connectivity index (χ0v) is 17.1. The van der Waals surface area contributed by atoms with E-state index in [2.05, 4.69) is 39.8 Å². The maximum absolute atomic E-state index is 12.1. The summed E-state index contributed by atoms with van der Waals surface area (Å²) in [7, 11) is 2.00. The maximum atomic E-state index is 12.1. The van der Waals surface area contributed by atoms with Gasteiger partial charge in [0.15, 0.2) is 5.16 Å². The zero-order chi connectivity index (χ0) is 19.1. The summed E-state index contributed by atoms with van der Waals surface area (Å²) in [6.07, 6.45) is 4.13. The van der Waals surface area contributed by atoms with E-state index in [1.54, 1.807) is 29.2 Å². The number of hydrogen-bond acceptors (Lipinski definition) is 6. The van der Waals surface area contributed by atoms with E-state index >= 15 is 0 Å². The minimum atomic E-state index is -0.294. The lowest BCUT2D eigenvalue weighted by Gasteiger charge is -2.08. The van der Waals surface area contributed by atoms with Crippen molar-refractivity contribution in [2.45, 2.75) is 36.6 Å². The summed E-state index contributed by atoms with van der Waals surface area (Å²) in [6, 6.07) is 10.0. The van der Waals surface area contributed by atoms with Crippen molar-refractivity contribution in [2.24, 2.45) is 7.05 Å². The van der Waals surface area contributed by atoms with Crippen LogP contribution < -0.4 is 5.63 Å². The highest BCUT2D eigenvalue weighted by molar-refractivity contribution is 7.98. The number of aromatic nitrogens is 3. The van der Waals surface area contributed by atoms with Crippen LogP contribution in [-0.4, -0.2) is 14.8 Å². The second-order valence-corrected chi connectivity index (χ2v) is 9.04. The molecule has 1 aromatic carbocycles. The first kappa shape index (κ1) is 17.7. The quantitative estimate of drug-likeness (QED) is 0.362. The van der Waals surface area contributed by atoms with Crippen molar-refractivity contribution in [1.29, 1.82) is 0 Å². The van der Waals surface area contributed by atoms with Crippen LogP contribution in [0.2, 0.25) is 0 Å². The van der Waals surface area contributed by atoms with Gasteiger partial charge < -0.3 is 8.98 Å². The number of thioether (sulfide) groups is 1. The van der Waals surface area contributed by atoms with Gasteiger partial charge in [-0.3, -0.25) is 0 Å². The highest BCUT2D eigenvalue weighted by Crippen LogP contribution is 2.31. The first-order chi connectivity index (χ1) is 13.7. The molecule has 1 aliphatic rings. The van der Waals surface area contributed by atoms with Gasteiger partial charge in [-0.05, 0) is 59.5 Å². The SMILES string of the molecule is Cn1c(Cc2cccs2)nnc1SCc1cc(=O)oc2cc3c(cc12)CCC3. The summed E-state index contributed by atoms with van der Waals surface area (Å²) in [5, 5.41) is 12.7. The van der Waals surface area contributed by atoms with E-state index in [9.17, 15) is 4.79 Å². The Morgan fingerprint density at radius 3 is 2.89 bits per heavy atom. The van der Waals surface area contributed by atoms with Gasteiger partial charge in [0.2, 0.25) is 0 Å². The van der Waals surface area contributed by atoms with E-state index < -0.39 is 0 Å². The number of thiophene rings is 1. The van der Waals surface area contributed by atoms with Gasteiger partial charge >= 0.3 is 5.63 Å². The molecule has 0 N–H and O–H groups in total. The third-order valence-corrected chi connectivity index (χ3v) is 7.18. The van der Waals surface area contributed by atoms with Crippen LogP contribution in [0.1, 0.15) is 33.8 Å². The predicted molar refractivity (Wildman–Crippen MR) is 112 cm³/mol. The minimum absolute atomic E-state index is 0.294. The molecule has 7 heteroatoms. The van der Waals surface area contributed by atoms with Crippen LogP contribution in [0.3, 0.4) is 0 Å². The normalized spacial score (nSPS) is 13.3. The molecule has 1 aliphatic carbocycles. The van der Waals surface area contributed by atoms with E-state index in [1.807, 2.05) is 11.6 Å². The standard InChI is InChI=1S/C21H19N3O2S2/c1-24-19(11-16-6-3-7-27-16)22-23-21(24)28-12-15-10-20(25)26-18-9-14-5-2-4-13(14)8-17(15)18/h3,6-10H,2,4-5,11-12H2,1H3.